The lowest BCUT2D eigenvalue weighted by molar-refractivity contribution is -0.133. The molecule has 0 bridgehead atoms. The van der Waals surface area contributed by atoms with Crippen molar-refractivity contribution in [1.29, 1.82) is 0 Å². The first kappa shape index (κ1) is 20.0. The molecule has 5 nitrogen and oxygen atoms in total. The lowest BCUT2D eigenvalue weighted by Gasteiger charge is -2.36. The highest BCUT2D eigenvalue weighted by Crippen LogP contribution is 2.38. The molecule has 1 fully saturated rings. The number of hydrogen-bond donors (Lipinski definition) is 1. The fraction of sp³-hybridized carbons (Fsp3) is 0.478. The summed E-state index contributed by atoms with van der Waals surface area (Å²) in [6.45, 7) is 1.11. The highest BCUT2D eigenvalue weighted by molar-refractivity contribution is 7.10. The Labute approximate surface area is 176 Å². The molecular weight excluding hydrogens is 384 g/mol. The van der Waals surface area contributed by atoms with E-state index in [9.17, 15) is 9.59 Å². The van der Waals surface area contributed by atoms with Crippen LogP contribution in [0.5, 0.6) is 5.75 Å². The largest absolute Gasteiger partial charge is 0.497 e. The number of carbonyl (C=O) groups excluding carboxylic acids is 2. The fourth-order valence-corrected chi connectivity index (χ4v) is 5.43. The molecule has 29 heavy (non-hydrogen) atoms. The molecule has 1 aromatic carbocycles. The molecule has 6 heteroatoms. The molecule has 1 aliphatic heterocycles. The molecule has 0 saturated heterocycles. The number of amides is 2. The summed E-state index contributed by atoms with van der Waals surface area (Å²) in [6, 6.07) is 10.00. The Morgan fingerprint density at radius 2 is 2.07 bits per heavy atom. The predicted molar refractivity (Wildman–Crippen MR) is 114 cm³/mol. The van der Waals surface area contributed by atoms with Gasteiger partial charge in [0, 0.05) is 30.3 Å². The van der Waals surface area contributed by atoms with E-state index in [1.807, 2.05) is 23.1 Å². The van der Waals surface area contributed by atoms with Gasteiger partial charge in [-0.15, -0.1) is 11.3 Å². The second-order valence-electron chi connectivity index (χ2n) is 7.84. The first-order valence-electron chi connectivity index (χ1n) is 10.4. The third-order valence-electron chi connectivity index (χ3n) is 6.06. The highest BCUT2D eigenvalue weighted by Gasteiger charge is 2.33. The molecule has 2 amide bonds. The first-order chi connectivity index (χ1) is 14.2. The van der Waals surface area contributed by atoms with Crippen molar-refractivity contribution < 1.29 is 14.3 Å². The summed E-state index contributed by atoms with van der Waals surface area (Å²) in [5.74, 6) is 1.12. The van der Waals surface area contributed by atoms with E-state index in [1.54, 1.807) is 18.4 Å². The van der Waals surface area contributed by atoms with E-state index < -0.39 is 0 Å². The Kier molecular flexibility index (Phi) is 6.19. The predicted octanol–water partition coefficient (Wildman–Crippen LogP) is 3.93. The quantitative estimate of drug-likeness (QED) is 0.782. The Balaban J connectivity index is 1.47. The average Bonchev–Trinajstić information content (AvgIpc) is 3.44. The van der Waals surface area contributed by atoms with Gasteiger partial charge >= 0.3 is 0 Å². The molecule has 1 atom stereocenters. The van der Waals surface area contributed by atoms with Gasteiger partial charge in [0.2, 0.25) is 11.8 Å². The van der Waals surface area contributed by atoms with Crippen LogP contribution in [-0.2, 0) is 16.0 Å². The summed E-state index contributed by atoms with van der Waals surface area (Å²) in [5.41, 5.74) is 2.27. The fourth-order valence-electron chi connectivity index (χ4n) is 4.52. The molecular formula is C23H28N2O3S. The molecule has 0 radical (unpaired) electrons. The monoisotopic (exact) mass is 412 g/mol. The van der Waals surface area contributed by atoms with Crippen LogP contribution < -0.4 is 10.1 Å². The normalized spacial score (nSPS) is 19.1. The smallest absolute Gasteiger partial charge is 0.225 e. The lowest BCUT2D eigenvalue weighted by atomic mass is 9.93. The van der Waals surface area contributed by atoms with Crippen LogP contribution in [0.4, 0.5) is 0 Å². The second kappa shape index (κ2) is 8.99. The number of nitrogens with zero attached hydrogens (tertiary/aromatic N) is 1. The third-order valence-corrected chi connectivity index (χ3v) is 7.06. The summed E-state index contributed by atoms with van der Waals surface area (Å²) in [6.07, 6.45) is 5.44. The van der Waals surface area contributed by atoms with Gasteiger partial charge in [-0.3, -0.25) is 9.59 Å². The number of carbonyl (C=O) groups is 2. The molecule has 2 aliphatic rings. The van der Waals surface area contributed by atoms with Gasteiger partial charge in [0.1, 0.15) is 5.75 Å². The Bertz CT molecular complexity index is 873. The first-order valence-corrected chi connectivity index (χ1v) is 11.3. The van der Waals surface area contributed by atoms with Crippen LogP contribution >= 0.6 is 11.3 Å². The zero-order valence-corrected chi connectivity index (χ0v) is 17.7. The van der Waals surface area contributed by atoms with E-state index in [0.29, 0.717) is 19.5 Å². The Morgan fingerprint density at radius 1 is 1.24 bits per heavy atom. The van der Waals surface area contributed by atoms with Crippen molar-refractivity contribution in [2.45, 2.75) is 44.6 Å². The van der Waals surface area contributed by atoms with Gasteiger partial charge in [-0.05, 0) is 54.0 Å². The van der Waals surface area contributed by atoms with E-state index in [0.717, 1.165) is 43.4 Å². The van der Waals surface area contributed by atoms with E-state index in [4.69, 9.17) is 4.74 Å². The summed E-state index contributed by atoms with van der Waals surface area (Å²) in [4.78, 5) is 28.7. The van der Waals surface area contributed by atoms with Crippen molar-refractivity contribution in [1.82, 2.24) is 10.2 Å². The van der Waals surface area contributed by atoms with Crippen molar-refractivity contribution in [2.75, 3.05) is 20.2 Å². The molecule has 1 aromatic heterocycles. The molecule has 0 spiro atoms. The van der Waals surface area contributed by atoms with Crippen molar-refractivity contribution in [3.8, 4) is 5.75 Å². The van der Waals surface area contributed by atoms with E-state index in [2.05, 4.69) is 22.8 Å². The minimum Gasteiger partial charge on any atom is -0.497 e. The lowest BCUT2D eigenvalue weighted by Crippen LogP contribution is -2.41. The Morgan fingerprint density at radius 3 is 2.86 bits per heavy atom. The number of ether oxygens (including phenoxy) is 1. The number of rotatable bonds is 6. The van der Waals surface area contributed by atoms with Crippen LogP contribution in [0.15, 0.2) is 35.7 Å². The molecule has 1 saturated carbocycles. The molecule has 1 N–H and O–H groups in total. The van der Waals surface area contributed by atoms with E-state index in [-0.39, 0.29) is 23.8 Å². The number of methoxy groups -OCH3 is 1. The van der Waals surface area contributed by atoms with Crippen molar-refractivity contribution in [2.24, 2.45) is 5.92 Å². The molecule has 1 aliphatic carbocycles. The number of nitrogens with one attached hydrogen (secondary N) is 1. The molecule has 2 aromatic rings. The van der Waals surface area contributed by atoms with Gasteiger partial charge in [-0.1, -0.05) is 25.0 Å². The summed E-state index contributed by atoms with van der Waals surface area (Å²) < 4.78 is 5.40. The zero-order chi connectivity index (χ0) is 20.2. The van der Waals surface area contributed by atoms with Crippen LogP contribution in [0, 0.1) is 5.92 Å². The van der Waals surface area contributed by atoms with Crippen LogP contribution in [0.1, 0.15) is 54.1 Å². The van der Waals surface area contributed by atoms with Crippen molar-refractivity contribution in [3.05, 3.63) is 51.7 Å². The van der Waals surface area contributed by atoms with Crippen LogP contribution in [0.2, 0.25) is 0 Å². The standard InChI is InChI=1S/C23H28N2O3S/c1-28-18-8-4-7-17(15-18)22-19-11-14-29-20(19)10-13-25(22)21(26)9-12-24-23(27)16-5-2-3-6-16/h4,7-8,11,14-16,22H,2-3,5-6,9-10,12-13H2,1H3,(H,24,27). The van der Waals surface area contributed by atoms with Gasteiger partial charge < -0.3 is 15.0 Å². The third kappa shape index (κ3) is 4.32. The summed E-state index contributed by atoms with van der Waals surface area (Å²) >= 11 is 1.76. The van der Waals surface area contributed by atoms with Gasteiger partial charge in [-0.25, -0.2) is 0 Å². The maximum absolute atomic E-state index is 13.1. The van der Waals surface area contributed by atoms with Crippen LogP contribution in [-0.4, -0.2) is 36.9 Å². The van der Waals surface area contributed by atoms with Crippen molar-refractivity contribution in [3.63, 3.8) is 0 Å². The summed E-state index contributed by atoms with van der Waals surface area (Å²) in [5, 5.41) is 5.08. The number of thiophene rings is 1. The van der Waals surface area contributed by atoms with Crippen molar-refractivity contribution >= 4 is 23.2 Å². The van der Waals surface area contributed by atoms with Gasteiger partial charge in [0.15, 0.2) is 0 Å². The Hall–Kier alpha value is -2.34. The maximum Gasteiger partial charge on any atom is 0.225 e. The second-order valence-corrected chi connectivity index (χ2v) is 8.84. The zero-order valence-electron chi connectivity index (χ0n) is 16.9. The molecule has 154 valence electrons. The number of fused-ring (bicyclic) bond motifs is 1. The maximum atomic E-state index is 13.1. The summed E-state index contributed by atoms with van der Waals surface area (Å²) in [7, 11) is 1.66. The van der Waals surface area contributed by atoms with Crippen LogP contribution in [0.25, 0.3) is 0 Å². The molecule has 1 unspecified atom stereocenters. The number of benzene rings is 1. The van der Waals surface area contributed by atoms with Gasteiger partial charge in [0.05, 0.1) is 13.2 Å². The average molecular weight is 413 g/mol. The minimum absolute atomic E-state index is 0.0846. The highest BCUT2D eigenvalue weighted by atomic mass is 32.1. The number of hydrogen-bond acceptors (Lipinski definition) is 4. The van der Waals surface area contributed by atoms with E-state index in [1.165, 1.54) is 10.4 Å². The molecule has 2 heterocycles. The topological polar surface area (TPSA) is 58.6 Å². The molecule has 4 rings (SSSR count). The van der Waals surface area contributed by atoms with Crippen LogP contribution in [0.3, 0.4) is 0 Å². The minimum atomic E-state index is -0.0990. The van der Waals surface area contributed by atoms with Gasteiger partial charge in [0.25, 0.3) is 0 Å². The van der Waals surface area contributed by atoms with E-state index >= 15 is 0 Å². The SMILES string of the molecule is COc1cccc(C2c3ccsc3CCN2C(=O)CCNC(=O)C2CCCC2)c1. The van der Waals surface area contributed by atoms with Gasteiger partial charge in [-0.2, -0.15) is 0 Å².